The summed E-state index contributed by atoms with van der Waals surface area (Å²) in [6.07, 6.45) is 0. The summed E-state index contributed by atoms with van der Waals surface area (Å²) in [5.41, 5.74) is 2.63. The Morgan fingerprint density at radius 1 is 0.800 bits per heavy atom. The SMILES string of the molecule is Cc1cc(C)cc(C(=O)N(N(C)C(=O)c2ccccc2)C(C)(C)C)c1. The van der Waals surface area contributed by atoms with Crippen molar-refractivity contribution in [2.45, 2.75) is 40.2 Å². The van der Waals surface area contributed by atoms with E-state index in [0.29, 0.717) is 11.1 Å². The summed E-state index contributed by atoms with van der Waals surface area (Å²) >= 11 is 0. The molecule has 0 atom stereocenters. The molecule has 25 heavy (non-hydrogen) atoms. The number of hydrazine groups is 1. The van der Waals surface area contributed by atoms with Gasteiger partial charge in [0.2, 0.25) is 0 Å². The highest BCUT2D eigenvalue weighted by Crippen LogP contribution is 2.22. The van der Waals surface area contributed by atoms with E-state index in [2.05, 4.69) is 0 Å². The molecule has 2 rings (SSSR count). The van der Waals surface area contributed by atoms with Gasteiger partial charge in [-0.05, 0) is 58.9 Å². The van der Waals surface area contributed by atoms with Gasteiger partial charge in [0, 0.05) is 18.2 Å². The Balaban J connectivity index is 2.42. The van der Waals surface area contributed by atoms with Crippen molar-refractivity contribution in [1.82, 2.24) is 10.0 Å². The molecule has 0 aliphatic heterocycles. The van der Waals surface area contributed by atoms with Crippen LogP contribution in [0.15, 0.2) is 48.5 Å². The predicted octanol–water partition coefficient (Wildman–Crippen LogP) is 4.23. The van der Waals surface area contributed by atoms with Crippen LogP contribution in [-0.4, -0.2) is 34.4 Å². The van der Waals surface area contributed by atoms with Crippen molar-refractivity contribution >= 4 is 11.8 Å². The third kappa shape index (κ3) is 4.27. The van der Waals surface area contributed by atoms with Crippen molar-refractivity contribution in [2.75, 3.05) is 7.05 Å². The molecule has 0 spiro atoms. The third-order valence-corrected chi connectivity index (χ3v) is 3.91. The second-order valence-corrected chi connectivity index (χ2v) is 7.36. The van der Waals surface area contributed by atoms with Gasteiger partial charge in [-0.2, -0.15) is 0 Å². The fourth-order valence-electron chi connectivity index (χ4n) is 2.97. The molecule has 4 nitrogen and oxygen atoms in total. The minimum absolute atomic E-state index is 0.189. The summed E-state index contributed by atoms with van der Waals surface area (Å²) in [6.45, 7) is 9.68. The highest BCUT2D eigenvalue weighted by Gasteiger charge is 2.34. The van der Waals surface area contributed by atoms with Crippen LogP contribution in [-0.2, 0) is 0 Å². The number of hydrogen-bond acceptors (Lipinski definition) is 2. The van der Waals surface area contributed by atoms with Crippen molar-refractivity contribution < 1.29 is 9.59 Å². The van der Waals surface area contributed by atoms with E-state index in [9.17, 15) is 9.59 Å². The van der Waals surface area contributed by atoms with Crippen LogP contribution in [0, 0.1) is 13.8 Å². The van der Waals surface area contributed by atoms with Gasteiger partial charge in [-0.25, -0.2) is 10.0 Å². The summed E-state index contributed by atoms with van der Waals surface area (Å²) in [4.78, 5) is 26.0. The zero-order chi connectivity index (χ0) is 18.8. The van der Waals surface area contributed by atoms with Crippen LogP contribution in [0.25, 0.3) is 0 Å². The minimum atomic E-state index is -0.548. The van der Waals surface area contributed by atoms with Gasteiger partial charge < -0.3 is 0 Å². The molecule has 0 saturated carbocycles. The van der Waals surface area contributed by atoms with Gasteiger partial charge in [0.05, 0.1) is 5.54 Å². The molecule has 0 fully saturated rings. The molecule has 0 aromatic heterocycles. The molecule has 0 aliphatic carbocycles. The first-order valence-electron chi connectivity index (χ1n) is 8.37. The fourth-order valence-corrected chi connectivity index (χ4v) is 2.97. The number of carbonyl (C=O) groups excluding carboxylic acids is 2. The van der Waals surface area contributed by atoms with E-state index in [0.717, 1.165) is 11.1 Å². The first-order valence-corrected chi connectivity index (χ1v) is 8.37. The summed E-state index contributed by atoms with van der Waals surface area (Å²) in [5, 5.41) is 2.94. The van der Waals surface area contributed by atoms with E-state index in [1.54, 1.807) is 19.2 Å². The average molecular weight is 338 g/mol. The van der Waals surface area contributed by atoms with Crippen LogP contribution in [0.3, 0.4) is 0 Å². The second-order valence-electron chi connectivity index (χ2n) is 7.36. The lowest BCUT2D eigenvalue weighted by Gasteiger charge is -2.41. The van der Waals surface area contributed by atoms with Crippen molar-refractivity contribution in [3.8, 4) is 0 Å². The minimum Gasteiger partial charge on any atom is -0.267 e. The highest BCUT2D eigenvalue weighted by molar-refractivity contribution is 5.99. The van der Waals surface area contributed by atoms with Crippen LogP contribution in [0.2, 0.25) is 0 Å². The number of hydrogen-bond donors (Lipinski definition) is 0. The summed E-state index contributed by atoms with van der Waals surface area (Å²) in [6, 6.07) is 14.7. The van der Waals surface area contributed by atoms with E-state index < -0.39 is 5.54 Å². The molecule has 2 aromatic carbocycles. The van der Waals surface area contributed by atoms with Crippen LogP contribution in [0.4, 0.5) is 0 Å². The summed E-state index contributed by atoms with van der Waals surface area (Å²) in [5.74, 6) is -0.403. The first-order chi connectivity index (χ1) is 11.6. The molecule has 0 aliphatic rings. The van der Waals surface area contributed by atoms with Gasteiger partial charge in [-0.15, -0.1) is 0 Å². The molecule has 0 saturated heterocycles. The van der Waals surface area contributed by atoms with Crippen LogP contribution < -0.4 is 0 Å². The highest BCUT2D eigenvalue weighted by atomic mass is 16.2. The molecule has 132 valence electrons. The molecule has 2 aromatic rings. The normalized spacial score (nSPS) is 11.1. The van der Waals surface area contributed by atoms with Gasteiger partial charge in [0.25, 0.3) is 11.8 Å². The zero-order valence-corrected chi connectivity index (χ0v) is 15.8. The van der Waals surface area contributed by atoms with Gasteiger partial charge in [0.1, 0.15) is 0 Å². The van der Waals surface area contributed by atoms with Crippen LogP contribution in [0.5, 0.6) is 0 Å². The molecule has 0 radical (unpaired) electrons. The molecule has 0 unspecified atom stereocenters. The predicted molar refractivity (Wildman–Crippen MR) is 100 cm³/mol. The first kappa shape index (κ1) is 18.7. The van der Waals surface area contributed by atoms with E-state index in [-0.39, 0.29) is 11.8 Å². The van der Waals surface area contributed by atoms with Crippen molar-refractivity contribution in [3.63, 3.8) is 0 Å². The maximum Gasteiger partial charge on any atom is 0.272 e. The Kier molecular flexibility index (Phi) is 5.31. The van der Waals surface area contributed by atoms with Crippen LogP contribution >= 0.6 is 0 Å². The standard InChI is InChI=1S/C21H26N2O2/c1-15-12-16(2)14-18(13-15)20(25)23(21(3,4)5)22(6)19(24)17-10-8-7-9-11-17/h7-14H,1-6H3. The lowest BCUT2D eigenvalue weighted by molar-refractivity contribution is -0.0308. The number of amides is 2. The van der Waals surface area contributed by atoms with Crippen molar-refractivity contribution in [2.24, 2.45) is 0 Å². The van der Waals surface area contributed by atoms with Crippen LogP contribution in [0.1, 0.15) is 52.6 Å². The second kappa shape index (κ2) is 7.09. The average Bonchev–Trinajstić information content (AvgIpc) is 2.52. The molecular formula is C21H26N2O2. The number of aryl methyl sites for hydroxylation is 2. The maximum atomic E-state index is 13.2. The summed E-state index contributed by atoms with van der Waals surface area (Å²) in [7, 11) is 1.64. The number of carbonyl (C=O) groups is 2. The van der Waals surface area contributed by atoms with Gasteiger partial charge in [0.15, 0.2) is 0 Å². The lowest BCUT2D eigenvalue weighted by atomic mass is 10.0. The maximum absolute atomic E-state index is 13.2. The molecule has 0 bridgehead atoms. The van der Waals surface area contributed by atoms with Crippen molar-refractivity contribution in [3.05, 3.63) is 70.8 Å². The lowest BCUT2D eigenvalue weighted by Crippen LogP contribution is -2.56. The Hall–Kier alpha value is -2.62. The smallest absolute Gasteiger partial charge is 0.267 e. The monoisotopic (exact) mass is 338 g/mol. The fraction of sp³-hybridized carbons (Fsp3) is 0.333. The Labute approximate surface area is 150 Å². The Morgan fingerprint density at radius 2 is 1.32 bits per heavy atom. The number of rotatable bonds is 2. The van der Waals surface area contributed by atoms with Gasteiger partial charge in [-0.1, -0.05) is 35.4 Å². The summed E-state index contributed by atoms with van der Waals surface area (Å²) < 4.78 is 0. The Bertz CT molecular complexity index is 756. The van der Waals surface area contributed by atoms with Gasteiger partial charge in [-0.3, -0.25) is 9.59 Å². The number of nitrogens with zero attached hydrogens (tertiary/aromatic N) is 2. The third-order valence-electron chi connectivity index (χ3n) is 3.91. The molecule has 2 amide bonds. The molecule has 0 N–H and O–H groups in total. The van der Waals surface area contributed by atoms with E-state index in [4.69, 9.17) is 0 Å². The quantitative estimate of drug-likeness (QED) is 0.769. The largest absolute Gasteiger partial charge is 0.272 e. The van der Waals surface area contributed by atoms with E-state index in [1.807, 2.05) is 71.0 Å². The Morgan fingerprint density at radius 3 is 1.80 bits per heavy atom. The zero-order valence-electron chi connectivity index (χ0n) is 15.8. The topological polar surface area (TPSA) is 40.6 Å². The van der Waals surface area contributed by atoms with Crippen molar-refractivity contribution in [1.29, 1.82) is 0 Å². The van der Waals surface area contributed by atoms with E-state index in [1.165, 1.54) is 10.0 Å². The molecular weight excluding hydrogens is 312 g/mol. The van der Waals surface area contributed by atoms with E-state index >= 15 is 0 Å². The molecule has 0 heterocycles. The van der Waals surface area contributed by atoms with Gasteiger partial charge >= 0.3 is 0 Å². The molecule has 4 heteroatoms. The number of benzene rings is 2.